The normalized spacial score (nSPS) is 25.8. The van der Waals surface area contributed by atoms with E-state index < -0.39 is 5.60 Å². The predicted molar refractivity (Wildman–Crippen MR) is 104 cm³/mol. The molecule has 2 amide bonds. The van der Waals surface area contributed by atoms with Crippen molar-refractivity contribution >= 4 is 22.8 Å². The second-order valence-corrected chi connectivity index (χ2v) is 8.49. The Labute approximate surface area is 169 Å². The maximum Gasteiger partial charge on any atom is 0.293 e. The maximum atomic E-state index is 13.0. The van der Waals surface area contributed by atoms with E-state index in [1.54, 1.807) is 23.2 Å². The van der Waals surface area contributed by atoms with Gasteiger partial charge in [0.15, 0.2) is 0 Å². The van der Waals surface area contributed by atoms with E-state index >= 15 is 0 Å². The van der Waals surface area contributed by atoms with Crippen molar-refractivity contribution in [3.8, 4) is 0 Å². The van der Waals surface area contributed by atoms with E-state index in [-0.39, 0.29) is 23.5 Å². The van der Waals surface area contributed by atoms with Crippen molar-refractivity contribution in [2.24, 2.45) is 5.92 Å². The molecule has 1 saturated carbocycles. The molecule has 2 saturated heterocycles. The highest BCUT2D eigenvalue weighted by molar-refractivity contribution is 6.02. The molecule has 8 heteroatoms. The zero-order valence-corrected chi connectivity index (χ0v) is 16.5. The molecule has 0 bridgehead atoms. The van der Waals surface area contributed by atoms with Crippen LogP contribution < -0.4 is 0 Å². The SMILES string of the molecule is O=C(c1onc2ncccc12)N1CCC2(C1)CN(C(=O)C1CCCCC1)CCO2. The van der Waals surface area contributed by atoms with Crippen molar-refractivity contribution in [1.29, 1.82) is 0 Å². The van der Waals surface area contributed by atoms with Gasteiger partial charge in [-0.3, -0.25) is 9.59 Å². The first kappa shape index (κ1) is 18.5. The lowest BCUT2D eigenvalue weighted by molar-refractivity contribution is -0.153. The van der Waals surface area contributed by atoms with Crippen LogP contribution in [0.2, 0.25) is 0 Å². The second-order valence-electron chi connectivity index (χ2n) is 8.49. The van der Waals surface area contributed by atoms with Gasteiger partial charge in [0, 0.05) is 25.2 Å². The highest BCUT2D eigenvalue weighted by Gasteiger charge is 2.46. The molecule has 29 heavy (non-hydrogen) atoms. The van der Waals surface area contributed by atoms with Crippen LogP contribution >= 0.6 is 0 Å². The number of fused-ring (bicyclic) bond motifs is 1. The van der Waals surface area contributed by atoms with Crippen LogP contribution in [0, 0.1) is 5.92 Å². The summed E-state index contributed by atoms with van der Waals surface area (Å²) in [5, 5.41) is 4.51. The van der Waals surface area contributed by atoms with Crippen LogP contribution in [0.1, 0.15) is 49.1 Å². The summed E-state index contributed by atoms with van der Waals surface area (Å²) in [7, 11) is 0. The molecule has 3 fully saturated rings. The van der Waals surface area contributed by atoms with Crippen molar-refractivity contribution in [3.63, 3.8) is 0 Å². The smallest absolute Gasteiger partial charge is 0.293 e. The van der Waals surface area contributed by atoms with E-state index in [2.05, 4.69) is 10.1 Å². The van der Waals surface area contributed by atoms with E-state index in [1.807, 2.05) is 4.90 Å². The Kier molecular flexibility index (Phi) is 4.73. The molecule has 4 heterocycles. The minimum atomic E-state index is -0.480. The van der Waals surface area contributed by atoms with Crippen LogP contribution in [0.25, 0.3) is 11.0 Å². The number of carbonyl (C=O) groups is 2. The highest BCUT2D eigenvalue weighted by atomic mass is 16.5. The highest BCUT2D eigenvalue weighted by Crippen LogP contribution is 2.33. The fourth-order valence-electron chi connectivity index (χ4n) is 4.99. The standard InChI is InChI=1S/C21H26N4O4/c26-19(15-5-2-1-3-6-15)25-11-12-28-21(14-25)8-10-24(13-21)20(27)17-16-7-4-9-22-18(16)23-29-17/h4,7,9,15H,1-3,5-6,8,10-14H2. The molecule has 1 spiro atoms. The fraction of sp³-hybridized carbons (Fsp3) is 0.619. The topological polar surface area (TPSA) is 88.8 Å². The molecule has 1 aliphatic carbocycles. The number of nitrogens with zero attached hydrogens (tertiary/aromatic N) is 4. The Balaban J connectivity index is 1.29. The summed E-state index contributed by atoms with van der Waals surface area (Å²) in [6.45, 7) is 2.76. The quantitative estimate of drug-likeness (QED) is 0.771. The van der Waals surface area contributed by atoms with Gasteiger partial charge in [-0.25, -0.2) is 4.98 Å². The van der Waals surface area contributed by atoms with Gasteiger partial charge in [-0.15, -0.1) is 0 Å². The first-order chi connectivity index (χ1) is 14.2. The number of likely N-dealkylation sites (tertiary alicyclic amines) is 1. The average molecular weight is 398 g/mol. The first-order valence-corrected chi connectivity index (χ1v) is 10.6. The van der Waals surface area contributed by atoms with Gasteiger partial charge in [0.1, 0.15) is 5.60 Å². The van der Waals surface area contributed by atoms with Gasteiger partial charge >= 0.3 is 0 Å². The summed E-state index contributed by atoms with van der Waals surface area (Å²) < 4.78 is 11.4. The van der Waals surface area contributed by atoms with Crippen LogP contribution in [-0.4, -0.2) is 70.1 Å². The van der Waals surface area contributed by atoms with Crippen molar-refractivity contribution < 1.29 is 18.8 Å². The molecular weight excluding hydrogens is 372 g/mol. The number of amides is 2. The summed E-state index contributed by atoms with van der Waals surface area (Å²) in [4.78, 5) is 33.9. The fourth-order valence-corrected chi connectivity index (χ4v) is 4.99. The number of carbonyl (C=O) groups excluding carboxylic acids is 2. The first-order valence-electron chi connectivity index (χ1n) is 10.6. The van der Waals surface area contributed by atoms with Crippen LogP contribution in [0.4, 0.5) is 0 Å². The van der Waals surface area contributed by atoms with Crippen molar-refractivity contribution in [2.45, 2.75) is 44.1 Å². The number of ether oxygens (including phenoxy) is 1. The Morgan fingerprint density at radius 3 is 2.79 bits per heavy atom. The monoisotopic (exact) mass is 398 g/mol. The number of pyridine rings is 1. The van der Waals surface area contributed by atoms with Crippen LogP contribution in [-0.2, 0) is 9.53 Å². The summed E-state index contributed by atoms with van der Waals surface area (Å²) in [6, 6.07) is 3.56. The Morgan fingerprint density at radius 2 is 1.93 bits per heavy atom. The zero-order chi connectivity index (χ0) is 19.8. The van der Waals surface area contributed by atoms with Gasteiger partial charge < -0.3 is 19.1 Å². The molecule has 0 radical (unpaired) electrons. The molecule has 1 unspecified atom stereocenters. The van der Waals surface area contributed by atoms with Gasteiger partial charge in [-0.05, 0) is 31.4 Å². The minimum Gasteiger partial charge on any atom is -0.369 e. The zero-order valence-electron chi connectivity index (χ0n) is 16.5. The molecule has 2 aromatic rings. The molecule has 8 nitrogen and oxygen atoms in total. The van der Waals surface area contributed by atoms with E-state index in [4.69, 9.17) is 9.26 Å². The van der Waals surface area contributed by atoms with Gasteiger partial charge in [0.25, 0.3) is 5.91 Å². The lowest BCUT2D eigenvalue weighted by atomic mass is 9.87. The van der Waals surface area contributed by atoms with Crippen molar-refractivity contribution in [3.05, 3.63) is 24.1 Å². The number of hydrogen-bond donors (Lipinski definition) is 0. The van der Waals surface area contributed by atoms with E-state index in [9.17, 15) is 9.59 Å². The number of hydrogen-bond acceptors (Lipinski definition) is 6. The van der Waals surface area contributed by atoms with Crippen LogP contribution in [0.3, 0.4) is 0 Å². The largest absolute Gasteiger partial charge is 0.369 e. The maximum absolute atomic E-state index is 13.0. The average Bonchev–Trinajstić information content (AvgIpc) is 3.38. The lowest BCUT2D eigenvalue weighted by Gasteiger charge is -2.41. The van der Waals surface area contributed by atoms with Crippen LogP contribution in [0.15, 0.2) is 22.9 Å². The summed E-state index contributed by atoms with van der Waals surface area (Å²) in [5.74, 6) is 0.448. The molecule has 0 N–H and O–H groups in total. The third kappa shape index (κ3) is 3.39. The molecule has 0 aromatic carbocycles. The van der Waals surface area contributed by atoms with E-state index in [0.717, 1.165) is 32.1 Å². The van der Waals surface area contributed by atoms with Crippen molar-refractivity contribution in [2.75, 3.05) is 32.8 Å². The predicted octanol–water partition coefficient (Wildman–Crippen LogP) is 2.25. The number of rotatable bonds is 2. The Morgan fingerprint density at radius 1 is 1.10 bits per heavy atom. The minimum absolute atomic E-state index is 0.158. The number of aromatic nitrogens is 2. The number of morpholine rings is 1. The molecule has 154 valence electrons. The summed E-state index contributed by atoms with van der Waals surface area (Å²) >= 11 is 0. The molecule has 2 aromatic heterocycles. The lowest BCUT2D eigenvalue weighted by Crippen LogP contribution is -2.56. The summed E-state index contributed by atoms with van der Waals surface area (Å²) in [6.07, 6.45) is 7.87. The Hall–Kier alpha value is -2.48. The molecule has 3 aliphatic rings. The van der Waals surface area contributed by atoms with Gasteiger partial charge in [-0.2, -0.15) is 0 Å². The van der Waals surface area contributed by atoms with Gasteiger partial charge in [0.05, 0.1) is 25.1 Å². The van der Waals surface area contributed by atoms with E-state index in [0.29, 0.717) is 43.8 Å². The third-order valence-electron chi connectivity index (χ3n) is 6.57. The molecule has 1 atom stereocenters. The summed E-state index contributed by atoms with van der Waals surface area (Å²) in [5.41, 5.74) is -0.0466. The second kappa shape index (κ2) is 7.40. The Bertz CT molecular complexity index is 922. The van der Waals surface area contributed by atoms with E-state index in [1.165, 1.54) is 6.42 Å². The molecular formula is C21H26N4O4. The van der Waals surface area contributed by atoms with Crippen LogP contribution in [0.5, 0.6) is 0 Å². The van der Waals surface area contributed by atoms with Gasteiger partial charge in [0.2, 0.25) is 17.3 Å². The van der Waals surface area contributed by atoms with Crippen molar-refractivity contribution in [1.82, 2.24) is 19.9 Å². The molecule has 5 rings (SSSR count). The van der Waals surface area contributed by atoms with Gasteiger partial charge in [-0.1, -0.05) is 24.4 Å². The third-order valence-corrected chi connectivity index (χ3v) is 6.57. The molecule has 2 aliphatic heterocycles.